The number of hydrogen-bond acceptors (Lipinski definition) is 3. The summed E-state index contributed by atoms with van der Waals surface area (Å²) in [6.45, 7) is -0.147. The molecule has 0 bridgehead atoms. The zero-order chi connectivity index (χ0) is 12.6. The number of fused-ring (bicyclic) bond motifs is 1. The second-order valence-electron chi connectivity index (χ2n) is 3.85. The molecule has 0 saturated carbocycles. The number of aromatic nitrogens is 2. The molecular formula is C11H13N3O3. The molecule has 0 atom stereocenters. The first kappa shape index (κ1) is 11.3. The standard InChI is InChI=1S/C11H13N3O3/c1-13-8-4-3-7(12-6-10(15)16)5-9(8)14(2)11(13)17/h3-5,12H,6H2,1-2H3,(H,15,16). The summed E-state index contributed by atoms with van der Waals surface area (Å²) >= 11 is 0. The number of rotatable bonds is 3. The number of carboxylic acid groups (broad SMARTS) is 1. The third-order valence-corrected chi connectivity index (χ3v) is 2.72. The fourth-order valence-corrected chi connectivity index (χ4v) is 1.79. The van der Waals surface area contributed by atoms with Crippen molar-refractivity contribution in [3.63, 3.8) is 0 Å². The summed E-state index contributed by atoms with van der Waals surface area (Å²) in [7, 11) is 3.39. The Morgan fingerprint density at radius 1 is 1.29 bits per heavy atom. The molecule has 6 nitrogen and oxygen atoms in total. The third kappa shape index (κ3) is 1.89. The zero-order valence-electron chi connectivity index (χ0n) is 9.60. The number of carbonyl (C=O) groups is 1. The van der Waals surface area contributed by atoms with Gasteiger partial charge in [0.05, 0.1) is 11.0 Å². The van der Waals surface area contributed by atoms with Gasteiger partial charge in [0, 0.05) is 19.8 Å². The van der Waals surface area contributed by atoms with Crippen molar-refractivity contribution < 1.29 is 9.90 Å². The Morgan fingerprint density at radius 2 is 1.94 bits per heavy atom. The largest absolute Gasteiger partial charge is 0.480 e. The van der Waals surface area contributed by atoms with Crippen LogP contribution in [0.3, 0.4) is 0 Å². The van der Waals surface area contributed by atoms with Gasteiger partial charge in [-0.1, -0.05) is 0 Å². The molecule has 1 heterocycles. The van der Waals surface area contributed by atoms with E-state index in [-0.39, 0.29) is 12.2 Å². The van der Waals surface area contributed by atoms with Crippen LogP contribution in [-0.2, 0) is 18.9 Å². The van der Waals surface area contributed by atoms with E-state index in [1.165, 1.54) is 4.57 Å². The lowest BCUT2D eigenvalue weighted by Crippen LogP contribution is -2.19. The van der Waals surface area contributed by atoms with Crippen molar-refractivity contribution >= 4 is 22.7 Å². The normalized spacial score (nSPS) is 10.7. The van der Waals surface area contributed by atoms with Gasteiger partial charge in [-0.05, 0) is 18.2 Å². The van der Waals surface area contributed by atoms with Crippen LogP contribution in [0.4, 0.5) is 5.69 Å². The summed E-state index contributed by atoms with van der Waals surface area (Å²) in [5.74, 6) is -0.924. The smallest absolute Gasteiger partial charge is 0.328 e. The molecule has 0 spiro atoms. The number of anilines is 1. The molecule has 6 heteroatoms. The minimum Gasteiger partial charge on any atom is -0.480 e. The molecule has 2 rings (SSSR count). The Hall–Kier alpha value is -2.24. The second-order valence-corrected chi connectivity index (χ2v) is 3.85. The second kappa shape index (κ2) is 3.97. The van der Waals surface area contributed by atoms with Gasteiger partial charge in [0.2, 0.25) is 0 Å². The van der Waals surface area contributed by atoms with Crippen molar-refractivity contribution in [2.45, 2.75) is 0 Å². The first-order valence-corrected chi connectivity index (χ1v) is 5.12. The zero-order valence-corrected chi connectivity index (χ0v) is 9.60. The van der Waals surface area contributed by atoms with Crippen LogP contribution in [-0.4, -0.2) is 26.8 Å². The number of aryl methyl sites for hydroxylation is 2. The van der Waals surface area contributed by atoms with Crippen molar-refractivity contribution in [1.82, 2.24) is 9.13 Å². The summed E-state index contributed by atoms with van der Waals surface area (Å²) < 4.78 is 3.08. The monoisotopic (exact) mass is 235 g/mol. The van der Waals surface area contributed by atoms with Crippen LogP contribution in [0.5, 0.6) is 0 Å². The third-order valence-electron chi connectivity index (χ3n) is 2.72. The summed E-state index contributed by atoms with van der Waals surface area (Å²) in [5.41, 5.74) is 2.17. The Kier molecular flexibility index (Phi) is 2.63. The molecule has 17 heavy (non-hydrogen) atoms. The van der Waals surface area contributed by atoms with Crippen molar-refractivity contribution in [3.8, 4) is 0 Å². The molecule has 2 N–H and O–H groups in total. The van der Waals surface area contributed by atoms with E-state index in [2.05, 4.69) is 5.32 Å². The average molecular weight is 235 g/mol. The highest BCUT2D eigenvalue weighted by Gasteiger charge is 2.08. The fraction of sp³-hybridized carbons (Fsp3) is 0.273. The van der Waals surface area contributed by atoms with Gasteiger partial charge in [0.25, 0.3) is 0 Å². The molecule has 0 radical (unpaired) electrons. The Labute approximate surface area is 97.1 Å². The maximum atomic E-state index is 11.7. The number of nitrogens with one attached hydrogen (secondary N) is 1. The van der Waals surface area contributed by atoms with Crippen LogP contribution >= 0.6 is 0 Å². The molecular weight excluding hydrogens is 222 g/mol. The van der Waals surface area contributed by atoms with Gasteiger partial charge in [-0.15, -0.1) is 0 Å². The highest BCUT2D eigenvalue weighted by Crippen LogP contribution is 2.17. The Morgan fingerprint density at radius 3 is 2.59 bits per heavy atom. The molecule has 0 unspecified atom stereocenters. The lowest BCUT2D eigenvalue weighted by atomic mass is 10.2. The topological polar surface area (TPSA) is 76.3 Å². The number of hydrogen-bond donors (Lipinski definition) is 2. The molecule has 0 fully saturated rings. The molecule has 0 aliphatic carbocycles. The van der Waals surface area contributed by atoms with E-state index in [4.69, 9.17) is 5.11 Å². The van der Waals surface area contributed by atoms with E-state index >= 15 is 0 Å². The SMILES string of the molecule is Cn1c(=O)n(C)c2cc(NCC(=O)O)ccc21. The number of carboxylic acids is 1. The average Bonchev–Trinajstić information content (AvgIpc) is 2.52. The molecule has 1 aromatic carbocycles. The summed E-state index contributed by atoms with van der Waals surface area (Å²) in [4.78, 5) is 22.1. The van der Waals surface area contributed by atoms with Gasteiger partial charge in [-0.25, -0.2) is 4.79 Å². The molecule has 0 saturated heterocycles. The van der Waals surface area contributed by atoms with Crippen molar-refractivity contribution in [2.24, 2.45) is 14.1 Å². The van der Waals surface area contributed by atoms with Crippen LogP contribution in [0.25, 0.3) is 11.0 Å². The first-order valence-electron chi connectivity index (χ1n) is 5.12. The molecule has 1 aromatic heterocycles. The van der Waals surface area contributed by atoms with Gasteiger partial charge >= 0.3 is 11.7 Å². The molecule has 90 valence electrons. The first-order chi connectivity index (χ1) is 8.00. The number of imidazole rings is 1. The molecule has 2 aromatic rings. The maximum Gasteiger partial charge on any atom is 0.328 e. The van der Waals surface area contributed by atoms with Crippen LogP contribution < -0.4 is 11.0 Å². The highest BCUT2D eigenvalue weighted by molar-refractivity contribution is 5.81. The van der Waals surface area contributed by atoms with Crippen LogP contribution in [0.1, 0.15) is 0 Å². The van der Waals surface area contributed by atoms with E-state index in [1.54, 1.807) is 36.9 Å². The Bertz CT molecular complexity index is 639. The van der Waals surface area contributed by atoms with Crippen LogP contribution in [0.15, 0.2) is 23.0 Å². The minimum absolute atomic E-state index is 0.101. The summed E-state index contributed by atoms with van der Waals surface area (Å²) in [6, 6.07) is 5.31. The van der Waals surface area contributed by atoms with Crippen molar-refractivity contribution in [1.29, 1.82) is 0 Å². The summed E-state index contributed by atoms with van der Waals surface area (Å²) in [5, 5.41) is 11.3. The number of aliphatic carboxylic acids is 1. The van der Waals surface area contributed by atoms with E-state index in [9.17, 15) is 9.59 Å². The predicted molar refractivity (Wildman–Crippen MR) is 64.3 cm³/mol. The molecule has 0 amide bonds. The van der Waals surface area contributed by atoms with Crippen molar-refractivity contribution in [2.75, 3.05) is 11.9 Å². The maximum absolute atomic E-state index is 11.7. The highest BCUT2D eigenvalue weighted by atomic mass is 16.4. The summed E-state index contributed by atoms with van der Waals surface area (Å²) in [6.07, 6.45) is 0. The number of benzene rings is 1. The van der Waals surface area contributed by atoms with Crippen LogP contribution in [0.2, 0.25) is 0 Å². The fourth-order valence-electron chi connectivity index (χ4n) is 1.79. The van der Waals surface area contributed by atoms with Crippen molar-refractivity contribution in [3.05, 3.63) is 28.7 Å². The number of nitrogens with zero attached hydrogens (tertiary/aromatic N) is 2. The molecule has 0 aliphatic rings. The van der Waals surface area contributed by atoms with Gasteiger partial charge in [0.15, 0.2) is 0 Å². The van der Waals surface area contributed by atoms with Gasteiger partial charge in [-0.2, -0.15) is 0 Å². The quantitative estimate of drug-likeness (QED) is 0.806. The van der Waals surface area contributed by atoms with E-state index < -0.39 is 5.97 Å². The lowest BCUT2D eigenvalue weighted by molar-refractivity contribution is -0.134. The predicted octanol–water partition coefficient (Wildman–Crippen LogP) is 0.373. The van der Waals surface area contributed by atoms with E-state index in [0.29, 0.717) is 5.69 Å². The van der Waals surface area contributed by atoms with Gasteiger partial charge in [-0.3, -0.25) is 13.9 Å². The van der Waals surface area contributed by atoms with Gasteiger partial charge in [0.1, 0.15) is 6.54 Å². The van der Waals surface area contributed by atoms with Gasteiger partial charge < -0.3 is 10.4 Å². The van der Waals surface area contributed by atoms with E-state index in [1.807, 2.05) is 0 Å². The van der Waals surface area contributed by atoms with E-state index in [0.717, 1.165) is 11.0 Å². The molecule has 0 aliphatic heterocycles. The minimum atomic E-state index is -0.924. The van der Waals surface area contributed by atoms with Crippen LogP contribution in [0, 0.1) is 0 Å². The Balaban J connectivity index is 2.47. The lowest BCUT2D eigenvalue weighted by Gasteiger charge is -2.03.